The molecule has 4 N–H and O–H groups in total. The van der Waals surface area contributed by atoms with Gasteiger partial charge in [-0.25, -0.2) is 0 Å². The largest absolute Gasteiger partial charge is 0.368 e. The van der Waals surface area contributed by atoms with Gasteiger partial charge in [0.2, 0.25) is 17.8 Å². The van der Waals surface area contributed by atoms with Crippen LogP contribution < -0.4 is 16.4 Å². The summed E-state index contributed by atoms with van der Waals surface area (Å²) in [5.74, 6) is 0.734. The number of benzene rings is 2. The Morgan fingerprint density at radius 3 is 2.48 bits per heavy atom. The molecule has 0 saturated heterocycles. The monoisotopic (exact) mass is 411 g/mol. The summed E-state index contributed by atoms with van der Waals surface area (Å²) in [7, 11) is 1.79. The number of aromatic nitrogens is 3. The van der Waals surface area contributed by atoms with E-state index >= 15 is 0 Å². The van der Waals surface area contributed by atoms with Gasteiger partial charge >= 0.3 is 0 Å². The molecule has 0 saturated carbocycles. The van der Waals surface area contributed by atoms with Crippen molar-refractivity contribution >= 4 is 40.8 Å². The van der Waals surface area contributed by atoms with Crippen molar-refractivity contribution in [3.05, 3.63) is 64.9 Å². The minimum absolute atomic E-state index is 0.111. The molecule has 0 aliphatic carbocycles. The normalized spacial score (nSPS) is 10.8. The van der Waals surface area contributed by atoms with Gasteiger partial charge in [0, 0.05) is 5.69 Å². The molecule has 0 radical (unpaired) electrons. The van der Waals surface area contributed by atoms with Crippen molar-refractivity contribution < 1.29 is 4.79 Å². The predicted octanol–water partition coefficient (Wildman–Crippen LogP) is 3.23. The summed E-state index contributed by atoms with van der Waals surface area (Å²) in [5.41, 5.74) is 8.35. The maximum absolute atomic E-state index is 12.3. The molecule has 0 aliphatic rings. The number of carbonyl (C=O) groups is 1. The van der Waals surface area contributed by atoms with Gasteiger partial charge in [0.1, 0.15) is 5.82 Å². The first kappa shape index (κ1) is 20.5. The number of nitrogens with two attached hydrogens (primary N) is 1. The minimum Gasteiger partial charge on any atom is -0.368 e. The molecule has 8 nitrogen and oxygen atoms in total. The van der Waals surface area contributed by atoms with E-state index in [0.29, 0.717) is 29.0 Å². The second-order valence-electron chi connectivity index (χ2n) is 6.57. The summed E-state index contributed by atoms with van der Waals surface area (Å²) >= 11 is 6.07. The van der Waals surface area contributed by atoms with Gasteiger partial charge < -0.3 is 16.4 Å². The van der Waals surface area contributed by atoms with Crippen LogP contribution >= 0.6 is 11.6 Å². The maximum atomic E-state index is 12.3. The first-order valence-electron chi connectivity index (χ1n) is 8.96. The quantitative estimate of drug-likeness (QED) is 0.547. The Morgan fingerprint density at radius 2 is 1.76 bits per heavy atom. The van der Waals surface area contributed by atoms with Gasteiger partial charge in [-0.15, -0.1) is 0 Å². The van der Waals surface area contributed by atoms with Crippen LogP contribution in [0.25, 0.3) is 0 Å². The number of carbonyl (C=O) groups excluding carboxylic acids is 1. The molecule has 0 unspecified atom stereocenters. The number of rotatable bonds is 7. The van der Waals surface area contributed by atoms with Gasteiger partial charge in [-0.2, -0.15) is 15.0 Å². The summed E-state index contributed by atoms with van der Waals surface area (Å²) in [6.45, 7) is 2.45. The number of amides is 1. The van der Waals surface area contributed by atoms with E-state index in [1.807, 2.05) is 37.3 Å². The van der Waals surface area contributed by atoms with Crippen LogP contribution in [-0.4, -0.2) is 39.4 Å². The van der Waals surface area contributed by atoms with E-state index in [0.717, 1.165) is 11.3 Å². The number of hydrogen-bond donors (Lipinski definition) is 3. The van der Waals surface area contributed by atoms with E-state index in [2.05, 4.69) is 25.6 Å². The van der Waals surface area contributed by atoms with Gasteiger partial charge in [0.05, 0.1) is 23.8 Å². The minimum atomic E-state index is -0.194. The van der Waals surface area contributed by atoms with E-state index in [9.17, 15) is 4.79 Å². The highest BCUT2D eigenvalue weighted by molar-refractivity contribution is 6.33. The molecule has 2 aromatic carbocycles. The lowest BCUT2D eigenvalue weighted by Crippen LogP contribution is -2.30. The van der Waals surface area contributed by atoms with Crippen LogP contribution in [0.3, 0.4) is 0 Å². The van der Waals surface area contributed by atoms with Gasteiger partial charge in [-0.05, 0) is 37.7 Å². The fourth-order valence-corrected chi connectivity index (χ4v) is 2.88. The lowest BCUT2D eigenvalue weighted by molar-refractivity contribution is -0.117. The van der Waals surface area contributed by atoms with Crippen LogP contribution in [0, 0.1) is 6.92 Å². The molecule has 0 fully saturated rings. The molecule has 29 heavy (non-hydrogen) atoms. The first-order chi connectivity index (χ1) is 13.9. The molecule has 0 atom stereocenters. The smallest absolute Gasteiger partial charge is 0.238 e. The topological polar surface area (TPSA) is 109 Å². The average Bonchev–Trinajstić information content (AvgIpc) is 2.65. The molecular formula is C20H22ClN7O. The Balaban J connectivity index is 1.63. The standard InChI is InChI=1S/C20H22ClN7O/c1-13-7-3-5-9-15(13)24-20-26-17(25-19(22)27-20)11-28(2)12-18(29)23-16-10-6-4-8-14(16)21/h3-10H,11-12H2,1-2H3,(H,23,29)(H3,22,24,25,26,27). The van der Waals surface area contributed by atoms with E-state index in [1.54, 1.807) is 30.1 Å². The number of halogens is 1. The molecule has 0 spiro atoms. The number of aryl methyl sites for hydroxylation is 1. The zero-order chi connectivity index (χ0) is 20.8. The van der Waals surface area contributed by atoms with Crippen molar-refractivity contribution in [2.45, 2.75) is 13.5 Å². The van der Waals surface area contributed by atoms with Gasteiger partial charge in [-0.1, -0.05) is 41.9 Å². The molecule has 3 aromatic rings. The third-order valence-corrected chi connectivity index (χ3v) is 4.39. The second-order valence-corrected chi connectivity index (χ2v) is 6.98. The molecule has 1 aromatic heterocycles. The molecule has 0 aliphatic heterocycles. The van der Waals surface area contributed by atoms with Crippen LogP contribution in [0.5, 0.6) is 0 Å². The van der Waals surface area contributed by atoms with Crippen molar-refractivity contribution in [3.8, 4) is 0 Å². The number of para-hydroxylation sites is 2. The fraction of sp³-hybridized carbons (Fsp3) is 0.200. The van der Waals surface area contributed by atoms with E-state index in [-0.39, 0.29) is 18.4 Å². The Morgan fingerprint density at radius 1 is 1.07 bits per heavy atom. The third-order valence-electron chi connectivity index (χ3n) is 4.06. The van der Waals surface area contributed by atoms with Crippen molar-refractivity contribution in [1.82, 2.24) is 19.9 Å². The second kappa shape index (κ2) is 9.31. The van der Waals surface area contributed by atoms with Gasteiger partial charge in [0.25, 0.3) is 0 Å². The van der Waals surface area contributed by atoms with Crippen LogP contribution in [0.1, 0.15) is 11.4 Å². The van der Waals surface area contributed by atoms with E-state index < -0.39 is 0 Å². The molecule has 0 bridgehead atoms. The van der Waals surface area contributed by atoms with Crippen molar-refractivity contribution in [3.63, 3.8) is 0 Å². The lowest BCUT2D eigenvalue weighted by Gasteiger charge is -2.16. The summed E-state index contributed by atoms with van der Waals surface area (Å²) in [6.07, 6.45) is 0. The average molecular weight is 412 g/mol. The van der Waals surface area contributed by atoms with Gasteiger partial charge in [-0.3, -0.25) is 9.69 Å². The summed E-state index contributed by atoms with van der Waals surface area (Å²) in [6, 6.07) is 14.9. The van der Waals surface area contributed by atoms with Crippen LogP contribution in [0.15, 0.2) is 48.5 Å². The SMILES string of the molecule is Cc1ccccc1Nc1nc(N)nc(CN(C)CC(=O)Nc2ccccc2Cl)n1. The van der Waals surface area contributed by atoms with Crippen molar-refractivity contribution in [2.24, 2.45) is 0 Å². The number of hydrogen-bond acceptors (Lipinski definition) is 7. The first-order valence-corrected chi connectivity index (χ1v) is 9.34. The third kappa shape index (κ3) is 5.87. The fourth-order valence-electron chi connectivity index (χ4n) is 2.69. The molecule has 1 amide bonds. The summed E-state index contributed by atoms with van der Waals surface area (Å²) < 4.78 is 0. The Hall–Kier alpha value is -3.23. The van der Waals surface area contributed by atoms with Crippen molar-refractivity contribution in [2.75, 3.05) is 30.0 Å². The number of anilines is 4. The zero-order valence-corrected chi connectivity index (χ0v) is 16.9. The predicted molar refractivity (Wildman–Crippen MR) is 115 cm³/mol. The molecule has 9 heteroatoms. The highest BCUT2D eigenvalue weighted by Crippen LogP contribution is 2.20. The Bertz CT molecular complexity index is 1010. The highest BCUT2D eigenvalue weighted by atomic mass is 35.5. The van der Waals surface area contributed by atoms with Crippen LogP contribution in [-0.2, 0) is 11.3 Å². The zero-order valence-electron chi connectivity index (χ0n) is 16.2. The molecule has 3 rings (SSSR count). The van der Waals surface area contributed by atoms with E-state index in [4.69, 9.17) is 17.3 Å². The van der Waals surface area contributed by atoms with Crippen molar-refractivity contribution in [1.29, 1.82) is 0 Å². The van der Waals surface area contributed by atoms with Crippen LogP contribution in [0.4, 0.5) is 23.3 Å². The van der Waals surface area contributed by atoms with E-state index in [1.165, 1.54) is 0 Å². The number of nitrogen functional groups attached to an aromatic ring is 1. The lowest BCUT2D eigenvalue weighted by atomic mass is 10.2. The Labute approximate surface area is 174 Å². The molecule has 1 heterocycles. The summed E-state index contributed by atoms with van der Waals surface area (Å²) in [5, 5.41) is 6.42. The highest BCUT2D eigenvalue weighted by Gasteiger charge is 2.12. The maximum Gasteiger partial charge on any atom is 0.238 e. The molecular weight excluding hydrogens is 390 g/mol. The molecule has 150 valence electrons. The number of likely N-dealkylation sites (N-methyl/N-ethyl adjacent to an activating group) is 1. The van der Waals surface area contributed by atoms with Gasteiger partial charge in [0.15, 0.2) is 0 Å². The number of nitrogens with zero attached hydrogens (tertiary/aromatic N) is 4. The Kier molecular flexibility index (Phi) is 6.58. The number of nitrogens with one attached hydrogen (secondary N) is 2. The van der Waals surface area contributed by atoms with Crippen LogP contribution in [0.2, 0.25) is 5.02 Å². The summed E-state index contributed by atoms with van der Waals surface area (Å²) in [4.78, 5) is 26.8.